The number of anilines is 1. The summed E-state index contributed by atoms with van der Waals surface area (Å²) in [6.45, 7) is 9.37. The summed E-state index contributed by atoms with van der Waals surface area (Å²) >= 11 is 0. The number of hydrogen-bond donors (Lipinski definition) is 1. The van der Waals surface area contributed by atoms with Gasteiger partial charge in [0.25, 0.3) is 0 Å². The van der Waals surface area contributed by atoms with Crippen molar-refractivity contribution in [3.63, 3.8) is 0 Å². The number of carbonyl (C=O) groups excluding carboxylic acids is 1. The van der Waals surface area contributed by atoms with Gasteiger partial charge >= 0.3 is 0 Å². The predicted octanol–water partition coefficient (Wildman–Crippen LogP) is 1.00. The molecule has 1 aliphatic rings. The number of nitrogens with one attached hydrogen (secondary N) is 1. The second-order valence-electron chi connectivity index (χ2n) is 6.68. The van der Waals surface area contributed by atoms with Crippen molar-refractivity contribution in [1.29, 1.82) is 0 Å². The number of aryl methyl sites for hydroxylation is 1. The first-order valence-electron chi connectivity index (χ1n) is 8.54. The normalized spacial score (nSPS) is 17.5. The Morgan fingerprint density at radius 3 is 2.54 bits per heavy atom. The summed E-state index contributed by atoms with van der Waals surface area (Å²) in [5.74, 6) is 1.05. The first kappa shape index (κ1) is 16.7. The summed E-state index contributed by atoms with van der Waals surface area (Å²) in [6, 6.07) is 3.97. The summed E-state index contributed by atoms with van der Waals surface area (Å²) in [5.41, 5.74) is 1.82. The summed E-state index contributed by atoms with van der Waals surface area (Å²) in [4.78, 5) is 25.8. The van der Waals surface area contributed by atoms with Crippen LogP contribution in [0.15, 0.2) is 18.3 Å². The first-order chi connectivity index (χ1) is 11.5. The molecule has 0 saturated carbocycles. The third-order valence-electron chi connectivity index (χ3n) is 4.56. The number of aromatic nitrogens is 3. The van der Waals surface area contributed by atoms with Crippen LogP contribution in [0.4, 0.5) is 5.95 Å². The molecule has 7 heteroatoms. The van der Waals surface area contributed by atoms with Gasteiger partial charge in [0.1, 0.15) is 5.52 Å². The molecule has 1 fully saturated rings. The van der Waals surface area contributed by atoms with Crippen molar-refractivity contribution >= 4 is 23.0 Å². The van der Waals surface area contributed by atoms with E-state index in [1.165, 1.54) is 0 Å². The molecule has 24 heavy (non-hydrogen) atoms. The van der Waals surface area contributed by atoms with Gasteiger partial charge in [-0.3, -0.25) is 14.3 Å². The molecule has 2 aromatic rings. The fourth-order valence-electron chi connectivity index (χ4n) is 3.17. The molecule has 1 atom stereocenters. The average molecular weight is 330 g/mol. The maximum Gasteiger partial charge on any atom is 0.237 e. The Morgan fingerprint density at radius 1 is 1.21 bits per heavy atom. The lowest BCUT2D eigenvalue weighted by atomic mass is 10.2. The summed E-state index contributed by atoms with van der Waals surface area (Å²) in [7, 11) is 2.00. The van der Waals surface area contributed by atoms with Crippen LogP contribution in [-0.4, -0.2) is 63.6 Å². The van der Waals surface area contributed by atoms with Gasteiger partial charge in [-0.1, -0.05) is 0 Å². The Labute approximate surface area is 142 Å². The topological polar surface area (TPSA) is 66.3 Å². The van der Waals surface area contributed by atoms with Crippen molar-refractivity contribution in [2.24, 2.45) is 7.05 Å². The Morgan fingerprint density at radius 2 is 1.92 bits per heavy atom. The third kappa shape index (κ3) is 3.21. The standard InChI is InChI=1S/C17H26N6O/c1-12(2)19-16(24)13(3)22-8-10-23(11-9-22)17-20-14-6-5-7-18-15(14)21(17)4/h5-7,12-13H,8-11H2,1-4H3,(H,19,24). The maximum atomic E-state index is 12.2. The van der Waals surface area contributed by atoms with Gasteiger partial charge < -0.3 is 10.2 Å². The van der Waals surface area contributed by atoms with E-state index in [1.807, 2.05) is 44.5 Å². The number of fused-ring (bicyclic) bond motifs is 1. The second kappa shape index (κ2) is 6.76. The van der Waals surface area contributed by atoms with Gasteiger partial charge in [-0.2, -0.15) is 0 Å². The smallest absolute Gasteiger partial charge is 0.237 e. The molecule has 1 N–H and O–H groups in total. The van der Waals surface area contributed by atoms with E-state index in [4.69, 9.17) is 4.98 Å². The van der Waals surface area contributed by atoms with Crippen LogP contribution in [0.1, 0.15) is 20.8 Å². The minimum Gasteiger partial charge on any atom is -0.353 e. The number of pyridine rings is 1. The zero-order valence-corrected chi connectivity index (χ0v) is 14.9. The molecular weight excluding hydrogens is 304 g/mol. The average Bonchev–Trinajstić information content (AvgIpc) is 2.91. The van der Waals surface area contributed by atoms with Crippen LogP contribution in [0.2, 0.25) is 0 Å². The van der Waals surface area contributed by atoms with Crippen LogP contribution in [0.3, 0.4) is 0 Å². The van der Waals surface area contributed by atoms with Crippen LogP contribution < -0.4 is 10.2 Å². The monoisotopic (exact) mass is 330 g/mol. The molecule has 1 unspecified atom stereocenters. The molecule has 0 aromatic carbocycles. The van der Waals surface area contributed by atoms with Crippen molar-refractivity contribution in [3.8, 4) is 0 Å². The van der Waals surface area contributed by atoms with E-state index < -0.39 is 0 Å². The minimum atomic E-state index is -0.100. The van der Waals surface area contributed by atoms with Gasteiger partial charge in [0.15, 0.2) is 5.65 Å². The van der Waals surface area contributed by atoms with E-state index in [-0.39, 0.29) is 18.0 Å². The molecule has 3 heterocycles. The van der Waals surface area contributed by atoms with Crippen LogP contribution in [-0.2, 0) is 11.8 Å². The molecule has 7 nitrogen and oxygen atoms in total. The minimum absolute atomic E-state index is 0.100. The van der Waals surface area contributed by atoms with Crippen molar-refractivity contribution in [1.82, 2.24) is 24.8 Å². The Hall–Kier alpha value is -2.15. The van der Waals surface area contributed by atoms with E-state index in [2.05, 4.69) is 20.1 Å². The molecule has 0 spiro atoms. The van der Waals surface area contributed by atoms with Gasteiger partial charge in [0, 0.05) is 45.5 Å². The molecule has 3 rings (SSSR count). The summed E-state index contributed by atoms with van der Waals surface area (Å²) in [6.07, 6.45) is 1.79. The maximum absolute atomic E-state index is 12.2. The number of hydrogen-bond acceptors (Lipinski definition) is 5. The van der Waals surface area contributed by atoms with Gasteiger partial charge in [-0.05, 0) is 32.9 Å². The van der Waals surface area contributed by atoms with Crippen molar-refractivity contribution in [2.75, 3.05) is 31.1 Å². The van der Waals surface area contributed by atoms with E-state index >= 15 is 0 Å². The lowest BCUT2D eigenvalue weighted by Crippen LogP contribution is -2.55. The Bertz CT molecular complexity index is 717. The van der Waals surface area contributed by atoms with Gasteiger partial charge in [-0.15, -0.1) is 0 Å². The number of rotatable bonds is 4. The van der Waals surface area contributed by atoms with Crippen molar-refractivity contribution in [2.45, 2.75) is 32.9 Å². The first-order valence-corrected chi connectivity index (χ1v) is 8.54. The number of imidazole rings is 1. The molecular formula is C17H26N6O. The predicted molar refractivity (Wildman–Crippen MR) is 95.0 cm³/mol. The summed E-state index contributed by atoms with van der Waals surface area (Å²) in [5, 5.41) is 2.99. The molecule has 0 radical (unpaired) electrons. The highest BCUT2D eigenvalue weighted by Crippen LogP contribution is 2.21. The van der Waals surface area contributed by atoms with Crippen LogP contribution in [0, 0.1) is 0 Å². The number of carbonyl (C=O) groups is 1. The third-order valence-corrected chi connectivity index (χ3v) is 4.56. The Balaban J connectivity index is 1.66. The molecule has 1 amide bonds. The fraction of sp³-hybridized carbons (Fsp3) is 0.588. The van der Waals surface area contributed by atoms with Crippen molar-refractivity contribution in [3.05, 3.63) is 18.3 Å². The molecule has 130 valence electrons. The molecule has 0 aliphatic carbocycles. The van der Waals surface area contributed by atoms with Gasteiger partial charge in [-0.25, -0.2) is 9.97 Å². The summed E-state index contributed by atoms with van der Waals surface area (Å²) < 4.78 is 2.04. The number of amides is 1. The SMILES string of the molecule is CC(C)NC(=O)C(C)N1CCN(c2nc3cccnc3n2C)CC1. The second-order valence-corrected chi connectivity index (χ2v) is 6.68. The molecule has 0 bridgehead atoms. The van der Waals surface area contributed by atoms with Crippen LogP contribution in [0.5, 0.6) is 0 Å². The van der Waals surface area contributed by atoms with E-state index in [1.54, 1.807) is 6.20 Å². The molecule has 1 saturated heterocycles. The zero-order valence-electron chi connectivity index (χ0n) is 14.9. The highest BCUT2D eigenvalue weighted by Gasteiger charge is 2.27. The van der Waals surface area contributed by atoms with E-state index in [9.17, 15) is 4.79 Å². The lowest BCUT2D eigenvalue weighted by Gasteiger charge is -2.37. The number of nitrogens with zero attached hydrogens (tertiary/aromatic N) is 5. The fourth-order valence-corrected chi connectivity index (χ4v) is 3.17. The molecule has 2 aromatic heterocycles. The zero-order chi connectivity index (χ0) is 17.3. The van der Waals surface area contributed by atoms with Gasteiger partial charge in [0.05, 0.1) is 6.04 Å². The highest BCUT2D eigenvalue weighted by atomic mass is 16.2. The van der Waals surface area contributed by atoms with Crippen LogP contribution >= 0.6 is 0 Å². The van der Waals surface area contributed by atoms with E-state index in [0.29, 0.717) is 0 Å². The lowest BCUT2D eigenvalue weighted by molar-refractivity contribution is -0.126. The Kier molecular flexibility index (Phi) is 4.71. The van der Waals surface area contributed by atoms with Crippen molar-refractivity contribution < 1.29 is 4.79 Å². The molecule has 1 aliphatic heterocycles. The van der Waals surface area contributed by atoms with E-state index in [0.717, 1.165) is 43.3 Å². The number of piperazine rings is 1. The highest BCUT2D eigenvalue weighted by molar-refractivity contribution is 5.81. The van der Waals surface area contributed by atoms with Gasteiger partial charge in [0.2, 0.25) is 11.9 Å². The van der Waals surface area contributed by atoms with Crippen LogP contribution in [0.25, 0.3) is 11.2 Å². The largest absolute Gasteiger partial charge is 0.353 e. The quantitative estimate of drug-likeness (QED) is 0.906.